The molecule has 0 aromatic carbocycles. The maximum Gasteiger partial charge on any atom is 0.152 e. The van der Waals surface area contributed by atoms with Gasteiger partial charge in [-0.05, 0) is 26.3 Å². The summed E-state index contributed by atoms with van der Waals surface area (Å²) in [7, 11) is 0. The molecule has 0 saturated heterocycles. The SMILES string of the molecule is CCNC(C)(C)C(=O)CC1CCCCC1. The molecule has 1 N–H and O–H groups in total. The third kappa shape index (κ3) is 3.94. The fourth-order valence-electron chi connectivity index (χ4n) is 2.45. The van der Waals surface area contributed by atoms with Gasteiger partial charge >= 0.3 is 0 Å². The molecule has 2 heteroatoms. The van der Waals surface area contributed by atoms with E-state index in [1.807, 2.05) is 13.8 Å². The minimum atomic E-state index is -0.327. The maximum absolute atomic E-state index is 12.1. The molecule has 0 aliphatic heterocycles. The number of Topliss-reactive ketones (excluding diaryl/α,β-unsaturated/α-hetero) is 1. The van der Waals surface area contributed by atoms with Gasteiger partial charge in [0.1, 0.15) is 0 Å². The lowest BCUT2D eigenvalue weighted by molar-refractivity contribution is -0.125. The molecule has 0 aromatic rings. The first-order valence-corrected chi connectivity index (χ1v) is 6.34. The van der Waals surface area contributed by atoms with Crippen molar-refractivity contribution in [3.05, 3.63) is 0 Å². The average Bonchev–Trinajstić information content (AvgIpc) is 2.19. The number of hydrogen-bond donors (Lipinski definition) is 1. The number of likely N-dealkylation sites (N-methyl/N-ethyl adjacent to an activating group) is 1. The van der Waals surface area contributed by atoms with Gasteiger partial charge in [-0.3, -0.25) is 4.79 Å². The van der Waals surface area contributed by atoms with E-state index < -0.39 is 0 Å². The van der Waals surface area contributed by atoms with Gasteiger partial charge in [0.05, 0.1) is 5.54 Å². The van der Waals surface area contributed by atoms with Crippen molar-refractivity contribution in [1.29, 1.82) is 0 Å². The molecule has 0 unspecified atom stereocenters. The summed E-state index contributed by atoms with van der Waals surface area (Å²) in [6, 6.07) is 0. The molecule has 0 radical (unpaired) electrons. The number of carbonyl (C=O) groups excluding carboxylic acids is 1. The molecular weight excluding hydrogens is 186 g/mol. The van der Waals surface area contributed by atoms with E-state index in [9.17, 15) is 4.79 Å². The lowest BCUT2D eigenvalue weighted by Gasteiger charge is -2.28. The summed E-state index contributed by atoms with van der Waals surface area (Å²) in [5, 5.41) is 3.26. The Hall–Kier alpha value is -0.370. The van der Waals surface area contributed by atoms with Crippen molar-refractivity contribution in [2.24, 2.45) is 5.92 Å². The van der Waals surface area contributed by atoms with Crippen LogP contribution in [0.5, 0.6) is 0 Å². The Kier molecular flexibility index (Phi) is 4.78. The Morgan fingerprint density at radius 1 is 1.27 bits per heavy atom. The van der Waals surface area contributed by atoms with Crippen molar-refractivity contribution >= 4 is 5.78 Å². The Labute approximate surface area is 93.8 Å². The molecule has 88 valence electrons. The Morgan fingerprint density at radius 2 is 1.87 bits per heavy atom. The second kappa shape index (κ2) is 5.64. The summed E-state index contributed by atoms with van der Waals surface area (Å²) < 4.78 is 0. The number of hydrogen-bond acceptors (Lipinski definition) is 2. The summed E-state index contributed by atoms with van der Waals surface area (Å²) in [5.41, 5.74) is -0.327. The van der Waals surface area contributed by atoms with Crippen LogP contribution in [0.25, 0.3) is 0 Å². The summed E-state index contributed by atoms with van der Waals surface area (Å²) in [6.45, 7) is 6.92. The van der Waals surface area contributed by atoms with E-state index >= 15 is 0 Å². The van der Waals surface area contributed by atoms with Crippen LogP contribution in [0, 0.1) is 5.92 Å². The van der Waals surface area contributed by atoms with E-state index in [2.05, 4.69) is 12.2 Å². The molecule has 2 nitrogen and oxygen atoms in total. The van der Waals surface area contributed by atoms with Crippen LogP contribution in [-0.2, 0) is 4.79 Å². The predicted molar refractivity (Wildman–Crippen MR) is 64.0 cm³/mol. The highest BCUT2D eigenvalue weighted by molar-refractivity contribution is 5.87. The smallest absolute Gasteiger partial charge is 0.152 e. The number of rotatable bonds is 5. The van der Waals surface area contributed by atoms with E-state index in [-0.39, 0.29) is 5.54 Å². The fourth-order valence-corrected chi connectivity index (χ4v) is 2.45. The van der Waals surface area contributed by atoms with Crippen LogP contribution in [0.2, 0.25) is 0 Å². The van der Waals surface area contributed by atoms with Crippen molar-refractivity contribution in [3.8, 4) is 0 Å². The second-order valence-corrected chi connectivity index (χ2v) is 5.29. The van der Waals surface area contributed by atoms with Gasteiger partial charge in [-0.25, -0.2) is 0 Å². The molecular formula is C13H25NO. The molecule has 1 fully saturated rings. The summed E-state index contributed by atoms with van der Waals surface area (Å²) in [5.74, 6) is 1.04. The number of ketones is 1. The summed E-state index contributed by atoms with van der Waals surface area (Å²) in [6.07, 6.45) is 7.29. The van der Waals surface area contributed by atoms with Crippen LogP contribution in [0.15, 0.2) is 0 Å². The van der Waals surface area contributed by atoms with Gasteiger partial charge in [-0.2, -0.15) is 0 Å². The average molecular weight is 211 g/mol. The zero-order valence-corrected chi connectivity index (χ0v) is 10.4. The lowest BCUT2D eigenvalue weighted by Crippen LogP contribution is -2.47. The normalized spacial score (nSPS) is 19.1. The van der Waals surface area contributed by atoms with Crippen LogP contribution in [0.3, 0.4) is 0 Å². The van der Waals surface area contributed by atoms with E-state index in [4.69, 9.17) is 0 Å². The largest absolute Gasteiger partial charge is 0.306 e. The van der Waals surface area contributed by atoms with Crippen LogP contribution in [0.1, 0.15) is 59.3 Å². The minimum Gasteiger partial charge on any atom is -0.306 e. The topological polar surface area (TPSA) is 29.1 Å². The van der Waals surface area contributed by atoms with Crippen LogP contribution >= 0.6 is 0 Å². The molecule has 0 amide bonds. The molecule has 0 heterocycles. The highest BCUT2D eigenvalue weighted by Gasteiger charge is 2.28. The molecule has 0 spiro atoms. The highest BCUT2D eigenvalue weighted by Crippen LogP contribution is 2.27. The zero-order valence-electron chi connectivity index (χ0n) is 10.4. The zero-order chi connectivity index (χ0) is 11.3. The molecule has 0 atom stereocenters. The molecule has 1 saturated carbocycles. The Bertz CT molecular complexity index is 205. The molecule has 1 rings (SSSR count). The third-order valence-corrected chi connectivity index (χ3v) is 3.51. The van der Waals surface area contributed by atoms with Crippen molar-refractivity contribution in [1.82, 2.24) is 5.32 Å². The summed E-state index contributed by atoms with van der Waals surface area (Å²) in [4.78, 5) is 12.1. The maximum atomic E-state index is 12.1. The number of nitrogens with one attached hydrogen (secondary N) is 1. The standard InChI is InChI=1S/C13H25NO/c1-4-14-13(2,3)12(15)10-11-8-6-5-7-9-11/h11,14H,4-10H2,1-3H3. The molecule has 15 heavy (non-hydrogen) atoms. The van der Waals surface area contributed by atoms with Gasteiger partial charge in [0, 0.05) is 6.42 Å². The minimum absolute atomic E-state index is 0.327. The molecule has 1 aliphatic carbocycles. The predicted octanol–water partition coefficient (Wildman–Crippen LogP) is 2.91. The van der Waals surface area contributed by atoms with Gasteiger partial charge in [0.25, 0.3) is 0 Å². The monoisotopic (exact) mass is 211 g/mol. The van der Waals surface area contributed by atoms with Gasteiger partial charge in [0.15, 0.2) is 5.78 Å². The summed E-state index contributed by atoms with van der Waals surface area (Å²) >= 11 is 0. The van der Waals surface area contributed by atoms with Crippen molar-refractivity contribution < 1.29 is 4.79 Å². The fraction of sp³-hybridized carbons (Fsp3) is 0.923. The first kappa shape index (κ1) is 12.7. The van der Waals surface area contributed by atoms with Gasteiger partial charge in [0.2, 0.25) is 0 Å². The number of carbonyl (C=O) groups is 1. The van der Waals surface area contributed by atoms with Crippen LogP contribution < -0.4 is 5.32 Å². The van der Waals surface area contributed by atoms with E-state index in [0.29, 0.717) is 11.7 Å². The van der Waals surface area contributed by atoms with Crippen molar-refractivity contribution in [2.75, 3.05) is 6.54 Å². The molecule has 0 aromatic heterocycles. The molecule has 0 bridgehead atoms. The second-order valence-electron chi connectivity index (χ2n) is 5.29. The van der Waals surface area contributed by atoms with Crippen molar-refractivity contribution in [2.45, 2.75) is 64.8 Å². The van der Waals surface area contributed by atoms with Crippen LogP contribution in [0.4, 0.5) is 0 Å². The third-order valence-electron chi connectivity index (χ3n) is 3.51. The first-order valence-electron chi connectivity index (χ1n) is 6.34. The highest BCUT2D eigenvalue weighted by atomic mass is 16.1. The van der Waals surface area contributed by atoms with Crippen molar-refractivity contribution in [3.63, 3.8) is 0 Å². The van der Waals surface area contributed by atoms with Gasteiger partial charge in [-0.1, -0.05) is 39.0 Å². The first-order chi connectivity index (χ1) is 7.06. The van der Waals surface area contributed by atoms with Gasteiger partial charge < -0.3 is 5.32 Å². The quantitative estimate of drug-likeness (QED) is 0.757. The van der Waals surface area contributed by atoms with E-state index in [1.165, 1.54) is 32.1 Å². The van der Waals surface area contributed by atoms with Crippen LogP contribution in [-0.4, -0.2) is 17.9 Å². The molecule has 1 aliphatic rings. The van der Waals surface area contributed by atoms with E-state index in [1.54, 1.807) is 0 Å². The van der Waals surface area contributed by atoms with E-state index in [0.717, 1.165) is 13.0 Å². The lowest BCUT2D eigenvalue weighted by atomic mass is 9.82. The van der Waals surface area contributed by atoms with Gasteiger partial charge in [-0.15, -0.1) is 0 Å². The Morgan fingerprint density at radius 3 is 2.40 bits per heavy atom. The Balaban J connectivity index is 2.39.